The molecule has 3 aromatic rings. The molecule has 37 heavy (non-hydrogen) atoms. The van der Waals surface area contributed by atoms with Crippen LogP contribution in [0.3, 0.4) is 0 Å². The molecule has 0 atom stereocenters. The van der Waals surface area contributed by atoms with Crippen LogP contribution in [0.5, 0.6) is 5.75 Å². The van der Waals surface area contributed by atoms with Crippen LogP contribution in [-0.2, 0) is 23.5 Å². The van der Waals surface area contributed by atoms with E-state index < -0.39 is 10.0 Å². The molecule has 1 saturated heterocycles. The Morgan fingerprint density at radius 1 is 1.16 bits per heavy atom. The third kappa shape index (κ3) is 6.01. The number of nitrogens with one attached hydrogen (secondary N) is 1. The van der Waals surface area contributed by atoms with Crippen molar-refractivity contribution in [2.45, 2.75) is 38.0 Å². The lowest BCUT2D eigenvalue weighted by Crippen LogP contribution is -2.48. The molecular weight excluding hydrogens is 518 g/mol. The molecule has 0 radical (unpaired) electrons. The Balaban J connectivity index is 0.00000380. The number of hydrogen-bond acceptors (Lipinski definition) is 7. The second-order valence-electron chi connectivity index (χ2n) is 9.04. The molecule has 0 unspecified atom stereocenters. The largest absolute Gasteiger partial charge is 0.493 e. The number of halogens is 1. The van der Waals surface area contributed by atoms with Gasteiger partial charge < -0.3 is 24.3 Å². The zero-order valence-electron chi connectivity index (χ0n) is 21.6. The maximum Gasteiger partial charge on any atom is 0.275 e. The van der Waals surface area contributed by atoms with Gasteiger partial charge in [0, 0.05) is 52.6 Å². The minimum atomic E-state index is -3.76. The molecule has 1 aliphatic heterocycles. The van der Waals surface area contributed by atoms with Gasteiger partial charge in [-0.3, -0.25) is 4.79 Å². The molecule has 2 aromatic heterocycles. The Morgan fingerprint density at radius 3 is 2.54 bits per heavy atom. The van der Waals surface area contributed by atoms with Crippen LogP contribution in [-0.4, -0.2) is 83.2 Å². The van der Waals surface area contributed by atoms with E-state index >= 15 is 0 Å². The third-order valence-corrected chi connectivity index (χ3v) is 8.42. The van der Waals surface area contributed by atoms with E-state index in [1.54, 1.807) is 22.8 Å². The second-order valence-corrected chi connectivity index (χ2v) is 11.0. The van der Waals surface area contributed by atoms with Crippen molar-refractivity contribution in [1.82, 2.24) is 23.7 Å². The highest BCUT2D eigenvalue weighted by molar-refractivity contribution is 7.89. The first-order valence-electron chi connectivity index (χ1n) is 12.5. The number of H-pyrrole nitrogens is 1. The van der Waals surface area contributed by atoms with E-state index in [9.17, 15) is 13.2 Å². The monoisotopic (exact) mass is 553 g/mol. The number of nitrogens with zero attached hydrogens (tertiary/aromatic N) is 4. The van der Waals surface area contributed by atoms with Crippen molar-refractivity contribution in [1.29, 1.82) is 0 Å². The third-order valence-electron chi connectivity index (χ3n) is 6.53. The first kappa shape index (κ1) is 29.1. The molecule has 2 N–H and O–H groups in total. The fourth-order valence-electron chi connectivity index (χ4n) is 4.73. The van der Waals surface area contributed by atoms with Gasteiger partial charge in [-0.05, 0) is 43.5 Å². The molecule has 1 fully saturated rings. The summed E-state index contributed by atoms with van der Waals surface area (Å²) in [4.78, 5) is 22.9. The SMILES string of the molecule is CCCc1cn(C)c2c(=O)[nH]c(-c3cc(S(=O)(=O)N4CCN(CCCO)CC4)ccc3OCC)nc12.Cl. The molecule has 3 heterocycles. The summed E-state index contributed by atoms with van der Waals surface area (Å²) in [5.41, 5.74) is 2.23. The Labute approximate surface area is 223 Å². The van der Waals surface area contributed by atoms with Crippen LogP contribution in [0.1, 0.15) is 32.3 Å². The quantitative estimate of drug-likeness (QED) is 0.395. The number of ether oxygens (including phenoxy) is 1. The predicted octanol–water partition coefficient (Wildman–Crippen LogP) is 2.39. The molecule has 4 rings (SSSR count). The summed E-state index contributed by atoms with van der Waals surface area (Å²) in [5, 5.41) is 9.05. The Kier molecular flexibility index (Phi) is 9.76. The van der Waals surface area contributed by atoms with Gasteiger partial charge >= 0.3 is 0 Å². The number of benzene rings is 1. The summed E-state index contributed by atoms with van der Waals surface area (Å²) in [6, 6.07) is 4.72. The number of aryl methyl sites for hydroxylation is 2. The highest BCUT2D eigenvalue weighted by Crippen LogP contribution is 2.32. The van der Waals surface area contributed by atoms with Crippen LogP contribution in [0.25, 0.3) is 22.4 Å². The van der Waals surface area contributed by atoms with E-state index in [4.69, 9.17) is 14.8 Å². The molecule has 10 nitrogen and oxygen atoms in total. The summed E-state index contributed by atoms with van der Waals surface area (Å²) >= 11 is 0. The van der Waals surface area contributed by atoms with Crippen LogP contribution in [0.2, 0.25) is 0 Å². The van der Waals surface area contributed by atoms with Crippen molar-refractivity contribution in [3.63, 3.8) is 0 Å². The lowest BCUT2D eigenvalue weighted by Gasteiger charge is -2.33. The number of fused-ring (bicyclic) bond motifs is 1. The smallest absolute Gasteiger partial charge is 0.275 e. The van der Waals surface area contributed by atoms with Crippen LogP contribution in [0.4, 0.5) is 0 Å². The Bertz CT molecular complexity index is 1380. The topological polar surface area (TPSA) is 121 Å². The fourth-order valence-corrected chi connectivity index (χ4v) is 6.18. The van der Waals surface area contributed by atoms with E-state index in [2.05, 4.69) is 16.8 Å². The second kappa shape index (κ2) is 12.4. The number of rotatable bonds is 10. The van der Waals surface area contributed by atoms with Gasteiger partial charge in [0.15, 0.2) is 0 Å². The fraction of sp³-hybridized carbons (Fsp3) is 0.520. The molecular formula is C25H36ClN5O5S. The van der Waals surface area contributed by atoms with Gasteiger partial charge in [0.25, 0.3) is 5.56 Å². The molecule has 204 valence electrons. The van der Waals surface area contributed by atoms with Crippen molar-refractivity contribution < 1.29 is 18.3 Å². The van der Waals surface area contributed by atoms with Crippen LogP contribution < -0.4 is 10.3 Å². The Hall–Kier alpha value is -2.44. The number of aromatic nitrogens is 3. The molecule has 0 saturated carbocycles. The average Bonchev–Trinajstić information content (AvgIpc) is 3.19. The van der Waals surface area contributed by atoms with E-state index in [1.165, 1.54) is 4.31 Å². The van der Waals surface area contributed by atoms with Gasteiger partial charge in [-0.2, -0.15) is 4.31 Å². The first-order valence-corrected chi connectivity index (χ1v) is 13.9. The molecule has 1 aliphatic rings. The molecule has 1 aromatic carbocycles. The summed E-state index contributed by atoms with van der Waals surface area (Å²) < 4.78 is 36.1. The number of aliphatic hydroxyl groups is 1. The lowest BCUT2D eigenvalue weighted by atomic mass is 10.1. The van der Waals surface area contributed by atoms with Crippen LogP contribution in [0, 0.1) is 0 Å². The highest BCUT2D eigenvalue weighted by Gasteiger charge is 2.29. The van der Waals surface area contributed by atoms with Gasteiger partial charge in [0.2, 0.25) is 10.0 Å². The summed E-state index contributed by atoms with van der Waals surface area (Å²) in [6.45, 7) is 7.15. The number of aromatic amines is 1. The van der Waals surface area contributed by atoms with Gasteiger partial charge in [0.05, 0.1) is 22.6 Å². The van der Waals surface area contributed by atoms with Gasteiger partial charge in [-0.1, -0.05) is 13.3 Å². The van der Waals surface area contributed by atoms with Crippen molar-refractivity contribution in [2.24, 2.45) is 7.05 Å². The summed E-state index contributed by atoms with van der Waals surface area (Å²) in [5.74, 6) is 0.742. The van der Waals surface area contributed by atoms with Crippen molar-refractivity contribution in [3.05, 3.63) is 40.3 Å². The Morgan fingerprint density at radius 2 is 1.89 bits per heavy atom. The van der Waals surface area contributed by atoms with Gasteiger partial charge in [-0.15, -0.1) is 12.4 Å². The summed E-state index contributed by atoms with van der Waals surface area (Å²) in [7, 11) is -1.94. The number of hydrogen-bond donors (Lipinski definition) is 2. The molecule has 0 bridgehead atoms. The van der Waals surface area contributed by atoms with Crippen LogP contribution in [0.15, 0.2) is 34.1 Å². The minimum absolute atomic E-state index is 0. The van der Waals surface area contributed by atoms with Crippen molar-refractivity contribution in [2.75, 3.05) is 45.9 Å². The van der Waals surface area contributed by atoms with E-state index in [0.717, 1.165) is 24.9 Å². The van der Waals surface area contributed by atoms with Crippen molar-refractivity contribution in [3.8, 4) is 17.1 Å². The standard InChI is InChI=1S/C25H35N5O5S.ClH/c1-4-7-18-17-28(3)23-22(18)26-24(27-25(23)32)20-16-19(8-9-21(20)35-5-2)36(33,34)30-13-11-29(12-14-30)10-6-15-31;/h8-9,16-17,31H,4-7,10-15H2,1-3H3,(H,26,27,32);1H. The predicted molar refractivity (Wildman–Crippen MR) is 146 cm³/mol. The van der Waals surface area contributed by atoms with Crippen LogP contribution >= 0.6 is 12.4 Å². The molecule has 0 amide bonds. The van der Waals surface area contributed by atoms with E-state index in [1.807, 2.05) is 20.2 Å². The zero-order chi connectivity index (χ0) is 25.9. The summed E-state index contributed by atoms with van der Waals surface area (Å²) in [6.07, 6.45) is 4.29. The molecule has 12 heteroatoms. The van der Waals surface area contributed by atoms with Crippen molar-refractivity contribution >= 4 is 33.5 Å². The lowest BCUT2D eigenvalue weighted by molar-refractivity contribution is 0.171. The van der Waals surface area contributed by atoms with Gasteiger partial charge in [0.1, 0.15) is 17.1 Å². The molecule has 0 spiro atoms. The maximum atomic E-state index is 13.5. The normalized spacial score (nSPS) is 15.1. The molecule has 0 aliphatic carbocycles. The highest BCUT2D eigenvalue weighted by atomic mass is 35.5. The zero-order valence-corrected chi connectivity index (χ0v) is 23.2. The van der Waals surface area contributed by atoms with E-state index in [-0.39, 0.29) is 35.3 Å². The first-order chi connectivity index (χ1) is 17.3. The minimum Gasteiger partial charge on any atom is -0.493 e. The number of aliphatic hydroxyl groups excluding tert-OH is 1. The number of piperazine rings is 1. The van der Waals surface area contributed by atoms with E-state index in [0.29, 0.717) is 61.6 Å². The van der Waals surface area contributed by atoms with Gasteiger partial charge in [-0.25, -0.2) is 13.4 Å². The number of sulfonamides is 1. The average molecular weight is 554 g/mol. The maximum absolute atomic E-state index is 13.5.